The molecule has 0 unspecified atom stereocenters. The minimum atomic E-state index is -3.87. The van der Waals surface area contributed by atoms with Crippen LogP contribution in [0.3, 0.4) is 0 Å². The van der Waals surface area contributed by atoms with E-state index in [9.17, 15) is 17.6 Å². The van der Waals surface area contributed by atoms with Gasteiger partial charge in [0, 0.05) is 12.1 Å². The van der Waals surface area contributed by atoms with Crippen LogP contribution in [0.25, 0.3) is 0 Å². The Morgan fingerprint density at radius 2 is 1.87 bits per heavy atom. The Hall–Kier alpha value is -2.45. The molecule has 0 atom stereocenters. The number of methoxy groups -OCH3 is 1. The van der Waals surface area contributed by atoms with Crippen molar-refractivity contribution in [1.29, 1.82) is 0 Å². The molecule has 0 saturated carbocycles. The zero-order valence-electron chi connectivity index (χ0n) is 12.2. The van der Waals surface area contributed by atoms with Gasteiger partial charge in [0.15, 0.2) is 11.6 Å². The van der Waals surface area contributed by atoms with Crippen LogP contribution in [0, 0.1) is 5.82 Å². The van der Waals surface area contributed by atoms with Crippen molar-refractivity contribution in [2.45, 2.75) is 11.4 Å². The van der Waals surface area contributed by atoms with E-state index in [0.29, 0.717) is 11.1 Å². The molecule has 0 aliphatic heterocycles. The number of halogens is 1. The third-order valence-corrected chi connectivity index (χ3v) is 4.54. The summed E-state index contributed by atoms with van der Waals surface area (Å²) in [7, 11) is -2.58. The lowest BCUT2D eigenvalue weighted by atomic mass is 10.1. The summed E-state index contributed by atoms with van der Waals surface area (Å²) >= 11 is 0. The Morgan fingerprint density at radius 1 is 1.22 bits per heavy atom. The van der Waals surface area contributed by atoms with E-state index in [1.807, 2.05) is 0 Å². The molecule has 0 heterocycles. The number of amides is 1. The lowest BCUT2D eigenvalue weighted by Crippen LogP contribution is -2.23. The molecule has 2 aromatic carbocycles. The second-order valence-corrected chi connectivity index (χ2v) is 6.45. The summed E-state index contributed by atoms with van der Waals surface area (Å²) in [5.41, 5.74) is 6.08. The molecule has 0 aromatic heterocycles. The first-order valence-corrected chi connectivity index (χ1v) is 8.04. The number of nitrogens with one attached hydrogen (secondary N) is 1. The smallest absolute Gasteiger partial charge is 0.248 e. The fourth-order valence-corrected chi connectivity index (χ4v) is 2.89. The highest BCUT2D eigenvalue weighted by Crippen LogP contribution is 2.20. The van der Waals surface area contributed by atoms with Gasteiger partial charge >= 0.3 is 0 Å². The molecule has 8 heteroatoms. The number of carbonyl (C=O) groups excluding carboxylic acids is 1. The first-order chi connectivity index (χ1) is 10.8. The molecular weight excluding hydrogens is 323 g/mol. The Kier molecular flexibility index (Phi) is 4.97. The Bertz CT molecular complexity index is 820. The summed E-state index contributed by atoms with van der Waals surface area (Å²) in [5, 5.41) is 0. The molecule has 0 radical (unpaired) electrons. The fourth-order valence-electron chi connectivity index (χ4n) is 1.86. The first kappa shape index (κ1) is 16.9. The van der Waals surface area contributed by atoms with Gasteiger partial charge in [0.2, 0.25) is 15.9 Å². The Morgan fingerprint density at radius 3 is 2.39 bits per heavy atom. The number of hydrogen-bond acceptors (Lipinski definition) is 4. The fraction of sp³-hybridized carbons (Fsp3) is 0.133. The molecule has 6 nitrogen and oxygen atoms in total. The van der Waals surface area contributed by atoms with E-state index < -0.39 is 21.7 Å². The average molecular weight is 338 g/mol. The zero-order valence-corrected chi connectivity index (χ0v) is 13.1. The topological polar surface area (TPSA) is 98.5 Å². The normalized spacial score (nSPS) is 11.2. The molecule has 3 N–H and O–H groups in total. The summed E-state index contributed by atoms with van der Waals surface area (Å²) in [4.78, 5) is 10.8. The number of primary amides is 1. The summed E-state index contributed by atoms with van der Waals surface area (Å²) in [6, 6.07) is 9.54. The van der Waals surface area contributed by atoms with Gasteiger partial charge in [-0.25, -0.2) is 17.5 Å². The predicted molar refractivity (Wildman–Crippen MR) is 81.9 cm³/mol. The molecule has 122 valence electrons. The summed E-state index contributed by atoms with van der Waals surface area (Å²) in [6.45, 7) is -0.00494. The van der Waals surface area contributed by atoms with Crippen LogP contribution in [0.1, 0.15) is 15.9 Å². The maximum Gasteiger partial charge on any atom is 0.248 e. The molecule has 1 amide bonds. The highest BCUT2D eigenvalue weighted by molar-refractivity contribution is 7.89. The molecule has 0 spiro atoms. The van der Waals surface area contributed by atoms with Crippen LogP contribution in [0.15, 0.2) is 47.4 Å². The maximum atomic E-state index is 13.6. The highest BCUT2D eigenvalue weighted by Gasteiger charge is 2.16. The van der Waals surface area contributed by atoms with Crippen molar-refractivity contribution in [2.24, 2.45) is 5.73 Å². The van der Waals surface area contributed by atoms with Crippen molar-refractivity contribution >= 4 is 15.9 Å². The Balaban J connectivity index is 2.12. The predicted octanol–water partition coefficient (Wildman–Crippen LogP) is 1.41. The summed E-state index contributed by atoms with van der Waals surface area (Å²) in [6.07, 6.45) is 0. The number of nitrogens with two attached hydrogens (primary N) is 1. The largest absolute Gasteiger partial charge is 0.494 e. The van der Waals surface area contributed by atoms with Crippen LogP contribution >= 0.6 is 0 Å². The molecule has 2 aromatic rings. The van der Waals surface area contributed by atoms with Crippen LogP contribution in [0.4, 0.5) is 4.39 Å². The van der Waals surface area contributed by atoms with E-state index in [0.717, 1.165) is 6.07 Å². The minimum Gasteiger partial charge on any atom is -0.494 e. The van der Waals surface area contributed by atoms with Crippen LogP contribution in [-0.2, 0) is 16.6 Å². The van der Waals surface area contributed by atoms with Crippen molar-refractivity contribution in [1.82, 2.24) is 4.72 Å². The van der Waals surface area contributed by atoms with E-state index in [4.69, 9.17) is 10.5 Å². The number of sulfonamides is 1. The molecule has 0 aliphatic rings. The maximum absolute atomic E-state index is 13.6. The van der Waals surface area contributed by atoms with Gasteiger partial charge in [0.25, 0.3) is 0 Å². The van der Waals surface area contributed by atoms with E-state index >= 15 is 0 Å². The molecule has 0 bridgehead atoms. The van der Waals surface area contributed by atoms with Crippen LogP contribution in [0.2, 0.25) is 0 Å². The van der Waals surface area contributed by atoms with Gasteiger partial charge in [-0.3, -0.25) is 4.79 Å². The molecule has 2 rings (SSSR count). The molecule has 0 fully saturated rings. The summed E-state index contributed by atoms with van der Waals surface area (Å²) in [5.74, 6) is -1.36. The van der Waals surface area contributed by atoms with Gasteiger partial charge in [-0.1, -0.05) is 12.1 Å². The Labute approximate surface area is 133 Å². The monoisotopic (exact) mass is 338 g/mol. The third-order valence-electron chi connectivity index (χ3n) is 3.14. The standard InChI is InChI=1S/C15H15FN2O4S/c1-22-14-7-6-12(8-13(14)16)23(20,21)18-9-10-2-4-11(5-3-10)15(17)19/h2-8,18H,9H2,1H3,(H2,17,19). The lowest BCUT2D eigenvalue weighted by Gasteiger charge is -2.09. The van der Waals surface area contributed by atoms with Gasteiger partial charge in [-0.15, -0.1) is 0 Å². The van der Waals surface area contributed by atoms with Gasteiger partial charge in [-0.05, 0) is 35.9 Å². The second-order valence-electron chi connectivity index (χ2n) is 4.68. The van der Waals surface area contributed by atoms with E-state index in [1.165, 1.54) is 31.4 Å². The van der Waals surface area contributed by atoms with Crippen molar-refractivity contribution < 1.29 is 22.3 Å². The van der Waals surface area contributed by atoms with Crippen molar-refractivity contribution in [2.75, 3.05) is 7.11 Å². The summed E-state index contributed by atoms with van der Waals surface area (Å²) < 4.78 is 45.0. The van der Waals surface area contributed by atoms with Crippen LogP contribution in [-0.4, -0.2) is 21.4 Å². The molecule has 23 heavy (non-hydrogen) atoms. The number of rotatable bonds is 6. The van der Waals surface area contributed by atoms with Gasteiger partial charge in [-0.2, -0.15) is 0 Å². The molecular formula is C15H15FN2O4S. The van der Waals surface area contributed by atoms with Gasteiger partial charge in [0.1, 0.15) is 0 Å². The minimum absolute atomic E-state index is 0.00494. The molecule has 0 saturated heterocycles. The SMILES string of the molecule is COc1ccc(S(=O)(=O)NCc2ccc(C(N)=O)cc2)cc1F. The lowest BCUT2D eigenvalue weighted by molar-refractivity contribution is 0.1000. The van der Waals surface area contributed by atoms with Crippen molar-refractivity contribution in [3.8, 4) is 5.75 Å². The first-order valence-electron chi connectivity index (χ1n) is 6.55. The molecule has 0 aliphatic carbocycles. The number of ether oxygens (including phenoxy) is 1. The number of benzene rings is 2. The van der Waals surface area contributed by atoms with E-state index in [-0.39, 0.29) is 17.2 Å². The van der Waals surface area contributed by atoms with Crippen molar-refractivity contribution in [3.05, 3.63) is 59.4 Å². The average Bonchev–Trinajstić information content (AvgIpc) is 2.53. The van der Waals surface area contributed by atoms with Crippen LogP contribution < -0.4 is 15.2 Å². The number of carbonyl (C=O) groups is 1. The van der Waals surface area contributed by atoms with E-state index in [1.54, 1.807) is 12.1 Å². The van der Waals surface area contributed by atoms with Crippen LogP contribution in [0.5, 0.6) is 5.75 Å². The van der Waals surface area contributed by atoms with Crippen molar-refractivity contribution in [3.63, 3.8) is 0 Å². The van der Waals surface area contributed by atoms with Gasteiger partial charge in [0.05, 0.1) is 12.0 Å². The highest BCUT2D eigenvalue weighted by atomic mass is 32.2. The number of hydrogen-bond donors (Lipinski definition) is 2. The second kappa shape index (κ2) is 6.76. The quantitative estimate of drug-likeness (QED) is 0.832. The zero-order chi connectivity index (χ0) is 17.0. The van der Waals surface area contributed by atoms with E-state index in [2.05, 4.69) is 4.72 Å². The van der Waals surface area contributed by atoms with Gasteiger partial charge < -0.3 is 10.5 Å². The third kappa shape index (κ3) is 4.05.